The molecule has 0 amide bonds. The summed E-state index contributed by atoms with van der Waals surface area (Å²) >= 11 is 0. The van der Waals surface area contributed by atoms with Gasteiger partial charge in [0, 0.05) is 22.3 Å². The van der Waals surface area contributed by atoms with Crippen molar-refractivity contribution in [3.8, 4) is 0 Å². The molecule has 3 rings (SSSR count). The van der Waals surface area contributed by atoms with Gasteiger partial charge in [-0.1, -0.05) is 54.1 Å². The summed E-state index contributed by atoms with van der Waals surface area (Å²) in [6.07, 6.45) is 0. The molecular weight excluding hydrogens is 375 g/mol. The summed E-state index contributed by atoms with van der Waals surface area (Å²) in [5.41, 5.74) is 3.47. The molecule has 0 saturated carbocycles. The molecule has 3 aromatic carbocycles. The Morgan fingerprint density at radius 3 is 1.96 bits per heavy atom. The van der Waals surface area contributed by atoms with Gasteiger partial charge >= 0.3 is 7.60 Å². The van der Waals surface area contributed by atoms with Crippen LogP contribution in [0.1, 0.15) is 43.0 Å². The molecule has 0 unspecified atom stereocenters. The van der Waals surface area contributed by atoms with Gasteiger partial charge in [-0.25, -0.2) is 0 Å². The van der Waals surface area contributed by atoms with E-state index in [0.29, 0.717) is 16.7 Å². The first-order valence-corrected chi connectivity index (χ1v) is 10.2. The van der Waals surface area contributed by atoms with Gasteiger partial charge in [0.25, 0.3) is 0 Å². The van der Waals surface area contributed by atoms with Crippen LogP contribution in [0.2, 0.25) is 0 Å². The van der Waals surface area contributed by atoms with Crippen molar-refractivity contribution < 1.29 is 23.9 Å². The molecule has 0 aliphatic heterocycles. The Morgan fingerprint density at radius 1 is 0.750 bits per heavy atom. The van der Waals surface area contributed by atoms with E-state index >= 15 is 0 Å². The van der Waals surface area contributed by atoms with E-state index in [1.54, 1.807) is 24.3 Å². The highest BCUT2D eigenvalue weighted by molar-refractivity contribution is 7.60. The van der Waals surface area contributed by atoms with Crippen LogP contribution in [-0.2, 0) is 4.57 Å². The molecule has 0 aromatic heterocycles. The topological polar surface area (TPSA) is 91.7 Å². The van der Waals surface area contributed by atoms with Crippen LogP contribution in [0.4, 0.5) is 0 Å². The van der Waals surface area contributed by atoms with Gasteiger partial charge in [-0.15, -0.1) is 0 Å². The van der Waals surface area contributed by atoms with E-state index in [1.165, 1.54) is 24.3 Å². The van der Waals surface area contributed by atoms with Crippen LogP contribution in [0.25, 0.3) is 0 Å². The van der Waals surface area contributed by atoms with E-state index in [9.17, 15) is 23.9 Å². The second kappa shape index (κ2) is 7.64. The number of hydrogen-bond donors (Lipinski definition) is 2. The van der Waals surface area contributed by atoms with Gasteiger partial charge in [-0.3, -0.25) is 14.2 Å². The molecule has 0 aliphatic rings. The highest BCUT2D eigenvalue weighted by Crippen LogP contribution is 2.33. The van der Waals surface area contributed by atoms with Gasteiger partial charge in [0.05, 0.1) is 5.30 Å². The van der Waals surface area contributed by atoms with Gasteiger partial charge in [0.2, 0.25) is 0 Å². The third-order valence-corrected chi connectivity index (χ3v) is 5.44. The molecule has 6 heteroatoms. The summed E-state index contributed by atoms with van der Waals surface area (Å²) in [7, 11) is -4.44. The summed E-state index contributed by atoms with van der Waals surface area (Å²) in [6.45, 7) is 3.79. The van der Waals surface area contributed by atoms with Crippen molar-refractivity contribution in [1.82, 2.24) is 0 Å². The Bertz CT molecular complexity index is 1110. The first kappa shape index (κ1) is 19.9. The second-order valence-electron chi connectivity index (χ2n) is 6.65. The molecule has 0 atom stereocenters. The maximum absolute atomic E-state index is 12.8. The molecule has 0 spiro atoms. The average Bonchev–Trinajstić information content (AvgIpc) is 2.68. The van der Waals surface area contributed by atoms with E-state index in [-0.39, 0.29) is 22.4 Å². The van der Waals surface area contributed by atoms with Crippen molar-refractivity contribution in [3.05, 3.63) is 100 Å². The van der Waals surface area contributed by atoms with Crippen LogP contribution in [0, 0.1) is 13.8 Å². The quantitative estimate of drug-likeness (QED) is 0.510. The Labute approximate surface area is 162 Å². The number of carbonyl (C=O) groups is 2. The number of rotatable bonds is 5. The fraction of sp³-hybridized carbons (Fsp3) is 0.0909. The molecule has 0 fully saturated rings. The standard InChI is InChI=1S/C22H19O5P/c1-14-6-7-15(2)20(12-14)22(24)17-10-8-16(9-11-17)21(23)18-4-3-5-19(13-18)28(25,26)27/h3-13H,1-2H3,(H2,25,26,27). The molecule has 142 valence electrons. The smallest absolute Gasteiger partial charge is 0.321 e. The van der Waals surface area contributed by atoms with E-state index in [0.717, 1.165) is 11.1 Å². The fourth-order valence-corrected chi connectivity index (χ4v) is 3.49. The third kappa shape index (κ3) is 4.18. The molecular formula is C22H19O5P. The van der Waals surface area contributed by atoms with Crippen molar-refractivity contribution in [2.75, 3.05) is 0 Å². The van der Waals surface area contributed by atoms with Crippen LogP contribution >= 0.6 is 7.60 Å². The van der Waals surface area contributed by atoms with Crippen LogP contribution in [-0.4, -0.2) is 21.4 Å². The van der Waals surface area contributed by atoms with E-state index < -0.39 is 7.60 Å². The maximum atomic E-state index is 12.8. The minimum absolute atomic E-state index is 0.122. The fourth-order valence-electron chi connectivity index (χ4n) is 2.90. The summed E-state index contributed by atoms with van der Waals surface area (Å²) in [4.78, 5) is 43.9. The van der Waals surface area contributed by atoms with Gasteiger partial charge in [-0.05, 0) is 37.6 Å². The summed E-state index contributed by atoms with van der Waals surface area (Å²) < 4.78 is 11.4. The van der Waals surface area contributed by atoms with Gasteiger partial charge in [0.15, 0.2) is 11.6 Å². The van der Waals surface area contributed by atoms with Crippen molar-refractivity contribution in [2.24, 2.45) is 0 Å². The Kier molecular flexibility index (Phi) is 5.43. The number of benzene rings is 3. The monoisotopic (exact) mass is 394 g/mol. The highest BCUT2D eigenvalue weighted by Gasteiger charge is 2.19. The van der Waals surface area contributed by atoms with E-state index in [4.69, 9.17) is 0 Å². The lowest BCUT2D eigenvalue weighted by atomic mass is 9.95. The minimum atomic E-state index is -4.44. The molecule has 0 aliphatic carbocycles. The summed E-state index contributed by atoms with van der Waals surface area (Å²) in [5, 5.41) is -0.208. The zero-order valence-electron chi connectivity index (χ0n) is 15.4. The van der Waals surface area contributed by atoms with Gasteiger partial charge in [-0.2, -0.15) is 0 Å². The largest absolute Gasteiger partial charge is 0.356 e. The summed E-state index contributed by atoms with van der Waals surface area (Å²) in [6, 6.07) is 17.3. The molecule has 0 saturated heterocycles. The van der Waals surface area contributed by atoms with Crippen LogP contribution in [0.5, 0.6) is 0 Å². The van der Waals surface area contributed by atoms with Gasteiger partial charge in [0.1, 0.15) is 0 Å². The lowest BCUT2D eigenvalue weighted by molar-refractivity contribution is 0.102. The lowest BCUT2D eigenvalue weighted by Crippen LogP contribution is -2.09. The van der Waals surface area contributed by atoms with Crippen molar-refractivity contribution in [2.45, 2.75) is 13.8 Å². The molecule has 5 nitrogen and oxygen atoms in total. The van der Waals surface area contributed by atoms with Crippen LogP contribution in [0.3, 0.4) is 0 Å². The molecule has 28 heavy (non-hydrogen) atoms. The Hall–Kier alpha value is -2.85. The van der Waals surface area contributed by atoms with E-state index in [2.05, 4.69) is 0 Å². The zero-order chi connectivity index (χ0) is 20.5. The highest BCUT2D eigenvalue weighted by atomic mass is 31.2. The SMILES string of the molecule is Cc1ccc(C)c(C(=O)c2ccc(C(=O)c3cccc(P(=O)(O)O)c3)cc2)c1. The number of carbonyl (C=O) groups excluding carboxylic acids is 2. The van der Waals surface area contributed by atoms with E-state index in [1.807, 2.05) is 32.0 Å². The normalized spacial score (nSPS) is 11.3. The first-order chi connectivity index (χ1) is 13.2. The minimum Gasteiger partial charge on any atom is -0.321 e. The van der Waals surface area contributed by atoms with Crippen LogP contribution in [0.15, 0.2) is 66.7 Å². The molecule has 0 radical (unpaired) electrons. The molecule has 3 aromatic rings. The second-order valence-corrected chi connectivity index (χ2v) is 8.25. The predicted molar refractivity (Wildman–Crippen MR) is 107 cm³/mol. The third-order valence-electron chi connectivity index (χ3n) is 4.49. The number of hydrogen-bond acceptors (Lipinski definition) is 3. The molecule has 2 N–H and O–H groups in total. The zero-order valence-corrected chi connectivity index (χ0v) is 16.3. The number of ketones is 2. The Balaban J connectivity index is 1.88. The first-order valence-electron chi connectivity index (χ1n) is 8.60. The Morgan fingerprint density at radius 2 is 1.36 bits per heavy atom. The average molecular weight is 394 g/mol. The van der Waals surface area contributed by atoms with Gasteiger partial charge < -0.3 is 9.79 Å². The maximum Gasteiger partial charge on any atom is 0.356 e. The summed E-state index contributed by atoms with van der Waals surface area (Å²) in [5.74, 6) is -0.496. The number of aryl methyl sites for hydroxylation is 2. The van der Waals surface area contributed by atoms with Crippen molar-refractivity contribution in [3.63, 3.8) is 0 Å². The predicted octanol–water partition coefficient (Wildman–Crippen LogP) is 3.57. The molecule has 0 bridgehead atoms. The molecule has 0 heterocycles. The van der Waals surface area contributed by atoms with Crippen molar-refractivity contribution >= 4 is 24.5 Å². The van der Waals surface area contributed by atoms with Crippen molar-refractivity contribution in [1.29, 1.82) is 0 Å². The van der Waals surface area contributed by atoms with Crippen LogP contribution < -0.4 is 5.30 Å². The lowest BCUT2D eigenvalue weighted by Gasteiger charge is -2.08.